The van der Waals surface area contributed by atoms with Gasteiger partial charge in [0.25, 0.3) is 0 Å². The van der Waals surface area contributed by atoms with Crippen LogP contribution in [0.15, 0.2) is 5.11 Å². The topological polar surface area (TPSA) is 55.2 Å². The van der Waals surface area contributed by atoms with E-state index < -0.39 is 0 Å². The molecular formula is C7H16InN5. The summed E-state index contributed by atoms with van der Waals surface area (Å²) >= 11 is 0.980. The summed E-state index contributed by atoms with van der Waals surface area (Å²) in [5.74, 6) is 0. The van der Waals surface area contributed by atoms with E-state index in [9.17, 15) is 0 Å². The Labute approximate surface area is 94.3 Å². The number of hydrogen-bond acceptors (Lipinski definition) is 3. The van der Waals surface area contributed by atoms with Gasteiger partial charge in [0.1, 0.15) is 0 Å². The Morgan fingerprint density at radius 1 is 1.31 bits per heavy atom. The molecule has 13 heavy (non-hydrogen) atoms. The average Bonchev–Trinajstić information content (AvgIpc) is 1.99. The molecule has 0 rings (SSSR count). The molecule has 0 aliphatic carbocycles. The molecule has 72 valence electrons. The van der Waals surface area contributed by atoms with E-state index in [4.69, 9.17) is 5.53 Å². The molecule has 0 aromatic carbocycles. The summed E-state index contributed by atoms with van der Waals surface area (Å²) in [4.78, 5) is 7.10. The molecule has 2 radical (unpaired) electrons. The summed E-state index contributed by atoms with van der Waals surface area (Å²) in [6.45, 7) is 0. The first-order chi connectivity index (χ1) is 5.99. The van der Waals surface area contributed by atoms with Crippen LogP contribution in [0.3, 0.4) is 0 Å². The van der Waals surface area contributed by atoms with Crippen LogP contribution in [-0.2, 0) is 0 Å². The van der Waals surface area contributed by atoms with Crippen LogP contribution in [0.2, 0.25) is 0 Å². The zero-order chi connectivity index (χ0) is 10.4. The molecule has 1 unspecified atom stereocenters. The molecular weight excluding hydrogens is 269 g/mol. The molecule has 0 aromatic heterocycles. The van der Waals surface area contributed by atoms with Crippen molar-refractivity contribution in [2.75, 3.05) is 28.2 Å². The summed E-state index contributed by atoms with van der Waals surface area (Å²) in [5, 5.41) is 3.71. The molecule has 1 atom stereocenters. The van der Waals surface area contributed by atoms with Crippen LogP contribution in [0.25, 0.3) is 10.4 Å². The van der Waals surface area contributed by atoms with Crippen molar-refractivity contribution in [3.05, 3.63) is 10.4 Å². The maximum absolute atomic E-state index is 8.28. The molecule has 0 saturated heterocycles. The van der Waals surface area contributed by atoms with Gasteiger partial charge < -0.3 is 0 Å². The molecule has 0 fully saturated rings. The quantitative estimate of drug-likeness (QED) is 0.322. The number of rotatable bonds is 5. The van der Waals surface area contributed by atoms with Crippen molar-refractivity contribution in [2.24, 2.45) is 5.11 Å². The molecule has 0 heterocycles. The zero-order valence-electron chi connectivity index (χ0n) is 8.68. The third kappa shape index (κ3) is 5.41. The Morgan fingerprint density at radius 2 is 1.77 bits per heavy atom. The molecule has 0 aromatic rings. The van der Waals surface area contributed by atoms with Gasteiger partial charge in [0.2, 0.25) is 0 Å². The second-order valence-electron chi connectivity index (χ2n) is 3.42. The monoisotopic (exact) mass is 285 g/mol. The van der Waals surface area contributed by atoms with Gasteiger partial charge in [-0.25, -0.2) is 0 Å². The second-order valence-corrected chi connectivity index (χ2v) is 5.61. The molecule has 0 aliphatic heterocycles. The number of hydrogen-bond donors (Lipinski definition) is 0. The van der Waals surface area contributed by atoms with Crippen molar-refractivity contribution in [3.8, 4) is 0 Å². The van der Waals surface area contributed by atoms with E-state index in [1.54, 1.807) is 0 Å². The fraction of sp³-hybridized carbons (Fsp3) is 1.00. The van der Waals surface area contributed by atoms with Crippen LogP contribution < -0.4 is 0 Å². The van der Waals surface area contributed by atoms with E-state index in [2.05, 4.69) is 19.8 Å². The van der Waals surface area contributed by atoms with Crippen LogP contribution in [0, 0.1) is 0 Å². The normalized spacial score (nSPS) is 13.5. The minimum absolute atomic E-state index is 0.171. The van der Waals surface area contributed by atoms with Crippen LogP contribution >= 0.6 is 0 Å². The van der Waals surface area contributed by atoms with E-state index in [1.807, 2.05) is 28.2 Å². The SMILES string of the molecule is CN(C)C(C[CH]([In])N=[N+]=[N-])N(C)C. The third-order valence-electron chi connectivity index (χ3n) is 1.84. The predicted molar refractivity (Wildman–Crippen MR) is 54.5 cm³/mol. The van der Waals surface area contributed by atoms with Gasteiger partial charge in [-0.05, 0) is 0 Å². The van der Waals surface area contributed by atoms with Gasteiger partial charge >= 0.3 is 94.3 Å². The Bertz CT molecular complexity index is 179. The van der Waals surface area contributed by atoms with Crippen LogP contribution in [0.5, 0.6) is 0 Å². The van der Waals surface area contributed by atoms with E-state index in [0.717, 1.165) is 30.8 Å². The summed E-state index contributed by atoms with van der Waals surface area (Å²) in [6.07, 6.45) is 1.26. The van der Waals surface area contributed by atoms with Crippen molar-refractivity contribution < 1.29 is 0 Å². The Kier molecular flexibility index (Phi) is 6.59. The van der Waals surface area contributed by atoms with Gasteiger partial charge in [-0.1, -0.05) is 0 Å². The minimum atomic E-state index is 0.171. The van der Waals surface area contributed by atoms with Crippen molar-refractivity contribution >= 4 is 24.4 Å². The average molecular weight is 285 g/mol. The first kappa shape index (κ1) is 13.1. The van der Waals surface area contributed by atoms with Gasteiger partial charge in [-0.3, -0.25) is 0 Å². The Morgan fingerprint density at radius 3 is 2.08 bits per heavy atom. The van der Waals surface area contributed by atoms with Crippen molar-refractivity contribution in [3.63, 3.8) is 0 Å². The Balaban J connectivity index is 4.17. The molecule has 0 N–H and O–H groups in total. The van der Waals surface area contributed by atoms with Gasteiger partial charge in [0, 0.05) is 0 Å². The summed E-state index contributed by atoms with van der Waals surface area (Å²) in [7, 11) is 8.14. The first-order valence-corrected chi connectivity index (χ1v) is 6.02. The predicted octanol–water partition coefficient (Wildman–Crippen LogP) is 0.631. The Hall–Kier alpha value is 0.100. The molecule has 6 heteroatoms. The third-order valence-corrected chi connectivity index (χ3v) is 3.00. The summed E-state index contributed by atoms with van der Waals surface area (Å²) in [5.41, 5.74) is 8.28. The van der Waals surface area contributed by atoms with Gasteiger partial charge in [0.05, 0.1) is 0 Å². The fourth-order valence-electron chi connectivity index (χ4n) is 1.21. The van der Waals surface area contributed by atoms with Crippen LogP contribution in [-0.4, -0.2) is 72.3 Å². The van der Waals surface area contributed by atoms with Gasteiger partial charge in [-0.15, -0.1) is 0 Å². The zero-order valence-corrected chi connectivity index (χ0v) is 12.0. The van der Waals surface area contributed by atoms with Crippen molar-refractivity contribution in [1.82, 2.24) is 9.80 Å². The molecule has 0 saturated carbocycles. The summed E-state index contributed by atoms with van der Waals surface area (Å²) in [6, 6.07) is 0. The van der Waals surface area contributed by atoms with Gasteiger partial charge in [-0.2, -0.15) is 0 Å². The molecule has 5 nitrogen and oxygen atoms in total. The van der Waals surface area contributed by atoms with E-state index in [0.29, 0.717) is 6.17 Å². The number of nitrogens with zero attached hydrogens (tertiary/aromatic N) is 5. The fourth-order valence-corrected chi connectivity index (χ4v) is 2.08. The standard InChI is InChI=1S/C7H16N5.In/c1-11(2)7(12(3)4)5-6-9-10-8;/h6-7H,5H2,1-4H3;. The second kappa shape index (κ2) is 6.54. The molecule has 0 aliphatic rings. The van der Waals surface area contributed by atoms with Crippen molar-refractivity contribution in [1.29, 1.82) is 0 Å². The van der Waals surface area contributed by atoms with E-state index >= 15 is 0 Å². The number of azide groups is 1. The van der Waals surface area contributed by atoms with E-state index in [1.165, 1.54) is 0 Å². The molecule has 0 amide bonds. The van der Waals surface area contributed by atoms with Crippen LogP contribution in [0.1, 0.15) is 6.42 Å². The first-order valence-electron chi connectivity index (χ1n) is 4.11. The van der Waals surface area contributed by atoms with E-state index in [-0.39, 0.29) is 3.80 Å². The van der Waals surface area contributed by atoms with Crippen molar-refractivity contribution in [2.45, 2.75) is 16.4 Å². The molecule has 0 spiro atoms. The maximum atomic E-state index is 8.28. The molecule has 0 bridgehead atoms. The summed E-state index contributed by atoms with van der Waals surface area (Å²) < 4.78 is 0.171. The van der Waals surface area contributed by atoms with Crippen LogP contribution in [0.4, 0.5) is 0 Å². The van der Waals surface area contributed by atoms with Gasteiger partial charge in [0.15, 0.2) is 0 Å².